The summed E-state index contributed by atoms with van der Waals surface area (Å²) in [6.07, 6.45) is 0. The van der Waals surface area contributed by atoms with Gasteiger partial charge in [-0.15, -0.1) is 0 Å². The molecule has 1 aliphatic heterocycles. The van der Waals surface area contributed by atoms with Gasteiger partial charge in [0.25, 0.3) is 11.7 Å². The Morgan fingerprint density at radius 3 is 2.18 bits per heavy atom. The van der Waals surface area contributed by atoms with Crippen LogP contribution in [-0.4, -0.2) is 44.1 Å². The lowest BCUT2D eigenvalue weighted by Crippen LogP contribution is -2.29. The highest BCUT2D eigenvalue weighted by atomic mass is 19.2. The summed E-state index contributed by atoms with van der Waals surface area (Å²) in [6, 6.07) is 13.7. The van der Waals surface area contributed by atoms with Crippen molar-refractivity contribution in [2.45, 2.75) is 19.9 Å². The molecule has 1 N–H and O–H groups in total. The summed E-state index contributed by atoms with van der Waals surface area (Å²) in [6.45, 7) is 5.60. The number of carbonyl (C=O) groups excluding carboxylic acids is 2. The molecular weight excluding hydrogens is 494 g/mol. The van der Waals surface area contributed by atoms with Crippen LogP contribution in [0.5, 0.6) is 11.5 Å². The number of aliphatic hydroxyl groups excluding tert-OH is 1. The van der Waals surface area contributed by atoms with Gasteiger partial charge in [0.15, 0.2) is 11.6 Å². The van der Waals surface area contributed by atoms with Crippen molar-refractivity contribution >= 4 is 28.8 Å². The fourth-order valence-corrected chi connectivity index (χ4v) is 4.65. The average Bonchev–Trinajstić information content (AvgIpc) is 3.20. The van der Waals surface area contributed by atoms with Crippen LogP contribution in [0.15, 0.2) is 66.2 Å². The third-order valence-corrected chi connectivity index (χ3v) is 6.62. The zero-order valence-corrected chi connectivity index (χ0v) is 21.5. The number of anilines is 2. The molecule has 1 saturated heterocycles. The zero-order valence-electron chi connectivity index (χ0n) is 21.5. The molecule has 9 heteroatoms. The largest absolute Gasteiger partial charge is 0.507 e. The molecule has 1 heterocycles. The number of hydrogen-bond acceptors (Lipinski definition) is 6. The van der Waals surface area contributed by atoms with Crippen LogP contribution in [-0.2, 0) is 9.59 Å². The quantitative estimate of drug-likeness (QED) is 0.241. The van der Waals surface area contributed by atoms with Gasteiger partial charge in [-0.1, -0.05) is 12.1 Å². The monoisotopic (exact) mass is 522 g/mol. The Hall–Kier alpha value is -4.40. The fraction of sp³-hybridized carbons (Fsp3) is 0.241. The summed E-state index contributed by atoms with van der Waals surface area (Å²) in [5.41, 5.74) is 1.31. The zero-order chi connectivity index (χ0) is 27.6. The lowest BCUT2D eigenvalue weighted by Gasteiger charge is -2.27. The van der Waals surface area contributed by atoms with Gasteiger partial charge in [0.2, 0.25) is 0 Å². The minimum absolute atomic E-state index is 0.0273. The topological polar surface area (TPSA) is 79.3 Å². The number of ether oxygens (including phenoxy) is 2. The first-order valence-electron chi connectivity index (χ1n) is 12.1. The van der Waals surface area contributed by atoms with Crippen molar-refractivity contribution < 1.29 is 33.0 Å². The van der Waals surface area contributed by atoms with Gasteiger partial charge in [0, 0.05) is 30.5 Å². The van der Waals surface area contributed by atoms with E-state index in [-0.39, 0.29) is 22.6 Å². The Kier molecular flexibility index (Phi) is 7.66. The summed E-state index contributed by atoms with van der Waals surface area (Å²) in [5.74, 6) is -4.07. The molecule has 3 aromatic rings. The number of ketones is 1. The number of carbonyl (C=O) groups is 2. The molecule has 3 aromatic carbocycles. The molecule has 1 atom stereocenters. The van der Waals surface area contributed by atoms with Crippen LogP contribution in [0.1, 0.15) is 31.0 Å². The third kappa shape index (κ3) is 4.67. The van der Waals surface area contributed by atoms with Crippen LogP contribution in [0.3, 0.4) is 0 Å². The molecule has 1 fully saturated rings. The molecule has 0 radical (unpaired) electrons. The Morgan fingerprint density at radius 1 is 0.921 bits per heavy atom. The molecule has 0 bridgehead atoms. The number of amides is 1. The van der Waals surface area contributed by atoms with Crippen LogP contribution in [0.2, 0.25) is 0 Å². The highest BCUT2D eigenvalue weighted by Crippen LogP contribution is 2.44. The number of Topliss-reactive ketones (excluding diaryl/α,β-unsaturated/α-hetero) is 1. The first-order chi connectivity index (χ1) is 18.2. The Balaban J connectivity index is 1.96. The summed E-state index contributed by atoms with van der Waals surface area (Å²) in [5, 5.41) is 11.5. The van der Waals surface area contributed by atoms with E-state index in [2.05, 4.69) is 4.90 Å². The minimum atomic E-state index is -1.17. The molecule has 4 rings (SSSR count). The van der Waals surface area contributed by atoms with Gasteiger partial charge < -0.3 is 19.5 Å². The predicted octanol–water partition coefficient (Wildman–Crippen LogP) is 5.45. The van der Waals surface area contributed by atoms with Gasteiger partial charge >= 0.3 is 0 Å². The predicted molar refractivity (Wildman–Crippen MR) is 141 cm³/mol. The summed E-state index contributed by atoms with van der Waals surface area (Å²) < 4.78 is 38.6. The molecule has 198 valence electrons. The lowest BCUT2D eigenvalue weighted by atomic mass is 9.94. The number of methoxy groups -OCH3 is 2. The van der Waals surface area contributed by atoms with E-state index in [1.165, 1.54) is 26.4 Å². The van der Waals surface area contributed by atoms with Gasteiger partial charge in [-0.3, -0.25) is 14.5 Å². The second-order valence-corrected chi connectivity index (χ2v) is 8.60. The van der Waals surface area contributed by atoms with Crippen molar-refractivity contribution in [1.29, 1.82) is 0 Å². The van der Waals surface area contributed by atoms with E-state index in [1.807, 2.05) is 26.0 Å². The molecule has 0 spiro atoms. The normalized spacial score (nSPS) is 16.6. The van der Waals surface area contributed by atoms with E-state index in [9.17, 15) is 23.5 Å². The van der Waals surface area contributed by atoms with Gasteiger partial charge in [-0.25, -0.2) is 8.78 Å². The van der Waals surface area contributed by atoms with Gasteiger partial charge in [-0.2, -0.15) is 0 Å². The van der Waals surface area contributed by atoms with Crippen molar-refractivity contribution in [3.05, 3.63) is 89.0 Å². The fourth-order valence-electron chi connectivity index (χ4n) is 4.65. The number of halogens is 2. The Morgan fingerprint density at radius 2 is 1.61 bits per heavy atom. The number of aliphatic hydroxyl groups is 1. The van der Waals surface area contributed by atoms with E-state index < -0.39 is 35.1 Å². The number of hydrogen-bond donors (Lipinski definition) is 1. The molecule has 0 saturated carbocycles. The molecule has 7 nitrogen and oxygen atoms in total. The highest BCUT2D eigenvalue weighted by Gasteiger charge is 2.47. The average molecular weight is 523 g/mol. The van der Waals surface area contributed by atoms with Crippen molar-refractivity contribution in [3.8, 4) is 11.5 Å². The van der Waals surface area contributed by atoms with E-state index in [4.69, 9.17) is 9.47 Å². The number of rotatable bonds is 8. The molecule has 1 aliphatic rings. The third-order valence-electron chi connectivity index (χ3n) is 6.62. The Bertz CT molecular complexity index is 1400. The Labute approximate surface area is 219 Å². The number of nitrogens with zero attached hydrogens (tertiary/aromatic N) is 2. The SMILES string of the molecule is CCN(CC)c1ccc(C2/C(=C(\O)c3cc(OC)ccc3OC)C(=O)C(=O)N2c2ccc(F)c(F)c2)cc1. The summed E-state index contributed by atoms with van der Waals surface area (Å²) >= 11 is 0. The van der Waals surface area contributed by atoms with Gasteiger partial charge in [0.05, 0.1) is 31.4 Å². The molecule has 0 aliphatic carbocycles. The smallest absolute Gasteiger partial charge is 0.300 e. The van der Waals surface area contributed by atoms with Crippen LogP contribution in [0, 0.1) is 11.6 Å². The second-order valence-electron chi connectivity index (χ2n) is 8.60. The second kappa shape index (κ2) is 10.9. The van der Waals surface area contributed by atoms with Gasteiger partial charge in [-0.05, 0) is 61.9 Å². The standard InChI is InChI=1S/C29H28F2N2O5/c1-5-32(6-2)18-9-7-17(8-10-18)26-25(27(34)21-16-20(37-3)12-14-24(21)38-4)28(35)29(36)33(26)19-11-13-22(30)23(31)15-19/h7-16,26,34H,5-6H2,1-4H3/b27-25+. The van der Waals surface area contributed by atoms with Crippen LogP contribution >= 0.6 is 0 Å². The van der Waals surface area contributed by atoms with E-state index >= 15 is 0 Å². The first-order valence-corrected chi connectivity index (χ1v) is 12.1. The highest BCUT2D eigenvalue weighted by molar-refractivity contribution is 6.51. The van der Waals surface area contributed by atoms with Crippen molar-refractivity contribution in [2.24, 2.45) is 0 Å². The maximum absolute atomic E-state index is 14.2. The molecule has 1 unspecified atom stereocenters. The van der Waals surface area contributed by atoms with E-state index in [1.54, 1.807) is 24.3 Å². The first kappa shape index (κ1) is 26.7. The molecule has 0 aromatic heterocycles. The summed E-state index contributed by atoms with van der Waals surface area (Å²) in [7, 11) is 2.85. The maximum Gasteiger partial charge on any atom is 0.300 e. The number of benzene rings is 3. The molecule has 1 amide bonds. The summed E-state index contributed by atoms with van der Waals surface area (Å²) in [4.78, 5) is 29.9. The molecule has 38 heavy (non-hydrogen) atoms. The van der Waals surface area contributed by atoms with Crippen LogP contribution in [0.4, 0.5) is 20.2 Å². The lowest BCUT2D eigenvalue weighted by molar-refractivity contribution is -0.132. The van der Waals surface area contributed by atoms with E-state index in [0.29, 0.717) is 11.3 Å². The van der Waals surface area contributed by atoms with Crippen LogP contribution in [0.25, 0.3) is 5.76 Å². The van der Waals surface area contributed by atoms with Crippen molar-refractivity contribution in [3.63, 3.8) is 0 Å². The van der Waals surface area contributed by atoms with Crippen LogP contribution < -0.4 is 19.3 Å². The van der Waals surface area contributed by atoms with E-state index in [0.717, 1.165) is 35.8 Å². The molecular formula is C29H28F2N2O5. The van der Waals surface area contributed by atoms with Crippen molar-refractivity contribution in [2.75, 3.05) is 37.1 Å². The van der Waals surface area contributed by atoms with Gasteiger partial charge in [0.1, 0.15) is 17.3 Å². The minimum Gasteiger partial charge on any atom is -0.507 e. The van der Waals surface area contributed by atoms with Crippen molar-refractivity contribution in [1.82, 2.24) is 0 Å². The maximum atomic E-state index is 14.2.